The molecule has 0 spiro atoms. The van der Waals surface area contributed by atoms with Crippen LogP contribution in [0.25, 0.3) is 0 Å². The molecule has 4 heteroatoms. The molecule has 1 heterocycles. The van der Waals surface area contributed by atoms with Gasteiger partial charge in [-0.3, -0.25) is 9.59 Å². The molecule has 1 aliphatic heterocycles. The van der Waals surface area contributed by atoms with Gasteiger partial charge in [-0.25, -0.2) is 0 Å². The first-order valence-electron chi connectivity index (χ1n) is 9.07. The summed E-state index contributed by atoms with van der Waals surface area (Å²) >= 11 is 0. The minimum atomic E-state index is -0.710. The Hall–Kier alpha value is -1.84. The maximum Gasteiger partial charge on any atom is 0.317 e. The number of Topliss-reactive ketones (excluding diaryl/α,β-unsaturated/α-hetero) is 1. The highest BCUT2D eigenvalue weighted by molar-refractivity contribution is 6.02. The number of ketones is 1. The Balaban J connectivity index is 2.28. The van der Waals surface area contributed by atoms with E-state index in [9.17, 15) is 9.59 Å². The van der Waals surface area contributed by atoms with E-state index in [1.54, 1.807) is 0 Å². The van der Waals surface area contributed by atoms with Crippen molar-refractivity contribution in [2.75, 3.05) is 5.73 Å². The average molecular weight is 331 g/mol. The highest BCUT2D eigenvalue weighted by atomic mass is 16.6. The molecule has 1 aliphatic rings. The topological polar surface area (TPSA) is 69.4 Å². The third-order valence-corrected chi connectivity index (χ3v) is 5.01. The number of anilines is 1. The van der Waals surface area contributed by atoms with E-state index in [1.807, 2.05) is 31.2 Å². The smallest absolute Gasteiger partial charge is 0.317 e. The molecule has 2 rings (SSSR count). The third kappa shape index (κ3) is 3.80. The number of nitrogens with two attached hydrogens (primary N) is 1. The zero-order chi connectivity index (χ0) is 17.7. The van der Waals surface area contributed by atoms with E-state index in [1.165, 1.54) is 0 Å². The maximum atomic E-state index is 12.9. The standard InChI is InChI=1S/C20H29NO3/c1-4-10-20(11-5-2)13-17(22)18(19(23)24-20)16(6-3)14-8-7-9-15(21)12-14/h7-9,12,16,18H,4-6,10-11,13,21H2,1-3H3/t16-,18?/m0/s1. The van der Waals surface area contributed by atoms with E-state index in [4.69, 9.17) is 10.5 Å². The van der Waals surface area contributed by atoms with Gasteiger partial charge in [-0.1, -0.05) is 45.7 Å². The van der Waals surface area contributed by atoms with Crippen molar-refractivity contribution in [1.29, 1.82) is 0 Å². The number of rotatable bonds is 7. The largest absolute Gasteiger partial charge is 0.458 e. The van der Waals surface area contributed by atoms with E-state index < -0.39 is 11.5 Å². The third-order valence-electron chi connectivity index (χ3n) is 5.01. The second-order valence-electron chi connectivity index (χ2n) is 6.91. The molecule has 4 nitrogen and oxygen atoms in total. The van der Waals surface area contributed by atoms with Gasteiger partial charge in [0.1, 0.15) is 11.5 Å². The van der Waals surface area contributed by atoms with Gasteiger partial charge in [0.15, 0.2) is 5.78 Å². The van der Waals surface area contributed by atoms with Gasteiger partial charge in [0, 0.05) is 18.0 Å². The van der Waals surface area contributed by atoms with Gasteiger partial charge in [0.25, 0.3) is 0 Å². The lowest BCUT2D eigenvalue weighted by molar-refractivity contribution is -0.180. The van der Waals surface area contributed by atoms with Crippen LogP contribution in [0.2, 0.25) is 0 Å². The van der Waals surface area contributed by atoms with Crippen LogP contribution in [0.5, 0.6) is 0 Å². The molecular weight excluding hydrogens is 302 g/mol. The van der Waals surface area contributed by atoms with E-state index in [0.29, 0.717) is 18.5 Å². The summed E-state index contributed by atoms with van der Waals surface area (Å²) in [7, 11) is 0. The normalized spacial score (nSPS) is 21.4. The lowest BCUT2D eigenvalue weighted by atomic mass is 9.74. The predicted molar refractivity (Wildman–Crippen MR) is 95.6 cm³/mol. The van der Waals surface area contributed by atoms with Crippen molar-refractivity contribution in [2.24, 2.45) is 5.92 Å². The first-order chi connectivity index (χ1) is 11.5. The molecule has 2 N–H and O–H groups in total. The van der Waals surface area contributed by atoms with Crippen molar-refractivity contribution in [3.8, 4) is 0 Å². The van der Waals surface area contributed by atoms with E-state index >= 15 is 0 Å². The van der Waals surface area contributed by atoms with E-state index in [-0.39, 0.29) is 17.7 Å². The first-order valence-corrected chi connectivity index (χ1v) is 9.07. The van der Waals surface area contributed by atoms with Crippen LogP contribution >= 0.6 is 0 Å². The van der Waals surface area contributed by atoms with Crippen molar-refractivity contribution in [1.82, 2.24) is 0 Å². The summed E-state index contributed by atoms with van der Waals surface area (Å²) in [6.45, 7) is 6.11. The number of esters is 1. The van der Waals surface area contributed by atoms with Crippen LogP contribution in [-0.4, -0.2) is 17.4 Å². The summed E-state index contributed by atoms with van der Waals surface area (Å²) in [5.74, 6) is -1.22. The summed E-state index contributed by atoms with van der Waals surface area (Å²) in [6, 6.07) is 7.47. The summed E-state index contributed by atoms with van der Waals surface area (Å²) in [6.07, 6.45) is 4.34. The molecule has 0 radical (unpaired) electrons. The Morgan fingerprint density at radius 1 is 1.21 bits per heavy atom. The van der Waals surface area contributed by atoms with Gasteiger partial charge in [-0.2, -0.15) is 0 Å². The zero-order valence-corrected chi connectivity index (χ0v) is 15.0. The highest BCUT2D eigenvalue weighted by Gasteiger charge is 2.48. The number of hydrogen-bond donors (Lipinski definition) is 1. The average Bonchev–Trinajstić information content (AvgIpc) is 2.51. The molecule has 1 aromatic carbocycles. The second-order valence-corrected chi connectivity index (χ2v) is 6.91. The number of ether oxygens (including phenoxy) is 1. The number of hydrogen-bond acceptors (Lipinski definition) is 4. The fourth-order valence-corrected chi connectivity index (χ4v) is 4.03. The van der Waals surface area contributed by atoms with Crippen LogP contribution in [0.1, 0.15) is 70.8 Å². The van der Waals surface area contributed by atoms with Crippen LogP contribution < -0.4 is 5.73 Å². The highest BCUT2D eigenvalue weighted by Crippen LogP contribution is 2.40. The quantitative estimate of drug-likeness (QED) is 0.461. The summed E-state index contributed by atoms with van der Waals surface area (Å²) in [5.41, 5.74) is 6.86. The minimum absolute atomic E-state index is 0.0161. The van der Waals surface area contributed by atoms with Crippen molar-refractivity contribution >= 4 is 17.4 Å². The van der Waals surface area contributed by atoms with Crippen LogP contribution in [0.15, 0.2) is 24.3 Å². The Morgan fingerprint density at radius 2 is 1.88 bits per heavy atom. The van der Waals surface area contributed by atoms with Gasteiger partial charge in [0.05, 0.1) is 0 Å². The van der Waals surface area contributed by atoms with Gasteiger partial charge >= 0.3 is 5.97 Å². The molecule has 1 fully saturated rings. The van der Waals surface area contributed by atoms with Gasteiger partial charge < -0.3 is 10.5 Å². The number of cyclic esters (lactones) is 1. The van der Waals surface area contributed by atoms with Crippen LogP contribution in [0.3, 0.4) is 0 Å². The fourth-order valence-electron chi connectivity index (χ4n) is 4.03. The van der Waals surface area contributed by atoms with Crippen molar-refractivity contribution in [3.05, 3.63) is 29.8 Å². The lowest BCUT2D eigenvalue weighted by Crippen LogP contribution is -2.49. The van der Waals surface area contributed by atoms with Crippen LogP contribution in [0, 0.1) is 5.92 Å². The van der Waals surface area contributed by atoms with Gasteiger partial charge in [0.2, 0.25) is 0 Å². The number of nitrogen functional groups attached to an aromatic ring is 1. The molecule has 0 aliphatic carbocycles. The molecule has 1 unspecified atom stereocenters. The van der Waals surface area contributed by atoms with E-state index in [2.05, 4.69) is 13.8 Å². The van der Waals surface area contributed by atoms with Crippen molar-refractivity contribution in [2.45, 2.75) is 70.8 Å². The molecular formula is C20H29NO3. The molecule has 0 saturated carbocycles. The van der Waals surface area contributed by atoms with Gasteiger partial charge in [-0.05, 0) is 37.0 Å². The minimum Gasteiger partial charge on any atom is -0.458 e. The Labute approximate surface area is 144 Å². The van der Waals surface area contributed by atoms with Crippen LogP contribution in [-0.2, 0) is 14.3 Å². The molecule has 1 aromatic rings. The van der Waals surface area contributed by atoms with Crippen LogP contribution in [0.4, 0.5) is 5.69 Å². The monoisotopic (exact) mass is 331 g/mol. The van der Waals surface area contributed by atoms with Gasteiger partial charge in [-0.15, -0.1) is 0 Å². The molecule has 0 bridgehead atoms. The molecule has 24 heavy (non-hydrogen) atoms. The number of carbonyl (C=O) groups excluding carboxylic acids is 2. The fraction of sp³-hybridized carbons (Fsp3) is 0.600. The SMILES string of the molecule is CCCC1(CCC)CC(=O)C([C@@H](CC)c2cccc(N)c2)C(=O)O1. The Morgan fingerprint density at radius 3 is 2.38 bits per heavy atom. The zero-order valence-electron chi connectivity index (χ0n) is 15.0. The second kappa shape index (κ2) is 7.82. The molecule has 0 amide bonds. The van der Waals surface area contributed by atoms with E-state index in [0.717, 1.165) is 31.2 Å². The molecule has 0 aromatic heterocycles. The lowest BCUT2D eigenvalue weighted by Gasteiger charge is -2.40. The first kappa shape index (κ1) is 18.5. The summed E-state index contributed by atoms with van der Waals surface area (Å²) < 4.78 is 5.88. The molecule has 1 saturated heterocycles. The Kier molecular flexibility index (Phi) is 6.03. The Bertz CT molecular complexity index is 570. The predicted octanol–water partition coefficient (Wildman–Crippen LogP) is 4.23. The summed E-state index contributed by atoms with van der Waals surface area (Å²) in [5, 5.41) is 0. The van der Waals surface area contributed by atoms with Crippen molar-refractivity contribution < 1.29 is 14.3 Å². The number of carbonyl (C=O) groups is 2. The molecule has 132 valence electrons. The number of benzene rings is 1. The summed E-state index contributed by atoms with van der Waals surface area (Å²) in [4.78, 5) is 25.7. The molecule has 2 atom stereocenters. The van der Waals surface area contributed by atoms with Crippen molar-refractivity contribution in [3.63, 3.8) is 0 Å². The maximum absolute atomic E-state index is 12.9.